The van der Waals surface area contributed by atoms with Gasteiger partial charge in [-0.2, -0.15) is 0 Å². The Labute approximate surface area is 91.1 Å². The lowest BCUT2D eigenvalue weighted by Gasteiger charge is -2.13. The molecule has 0 fully saturated rings. The molecule has 0 bridgehead atoms. The van der Waals surface area contributed by atoms with Gasteiger partial charge >= 0.3 is 0 Å². The van der Waals surface area contributed by atoms with Gasteiger partial charge in [0.1, 0.15) is 11.6 Å². The maximum Gasteiger partial charge on any atom is 0.137 e. The summed E-state index contributed by atoms with van der Waals surface area (Å²) in [5, 5.41) is 0. The normalized spacial score (nSPS) is 10.6. The summed E-state index contributed by atoms with van der Waals surface area (Å²) in [7, 11) is 2.10. The van der Waals surface area contributed by atoms with Gasteiger partial charge in [0.25, 0.3) is 0 Å². The summed E-state index contributed by atoms with van der Waals surface area (Å²) in [5.74, 6) is 1.30. The van der Waals surface area contributed by atoms with Crippen LogP contribution in [0.15, 0.2) is 18.3 Å². The minimum absolute atomic E-state index is 0.521. The second-order valence-corrected chi connectivity index (χ2v) is 3.52. The number of hydrogen-bond acceptors (Lipinski definition) is 4. The van der Waals surface area contributed by atoms with Crippen molar-refractivity contribution in [3.63, 3.8) is 0 Å². The van der Waals surface area contributed by atoms with Crippen molar-refractivity contribution in [1.82, 2.24) is 9.88 Å². The van der Waals surface area contributed by atoms with E-state index in [0.717, 1.165) is 31.9 Å². The van der Waals surface area contributed by atoms with Gasteiger partial charge in [-0.1, -0.05) is 6.92 Å². The lowest BCUT2D eigenvalue weighted by Crippen LogP contribution is -2.20. The van der Waals surface area contributed by atoms with Crippen LogP contribution in [0.5, 0.6) is 5.75 Å². The average Bonchev–Trinajstić information content (AvgIpc) is 2.26. The number of nitrogens with two attached hydrogens (primary N) is 1. The van der Waals surface area contributed by atoms with Crippen LogP contribution >= 0.6 is 0 Å². The second-order valence-electron chi connectivity index (χ2n) is 3.52. The zero-order valence-corrected chi connectivity index (χ0v) is 9.44. The largest absolute Gasteiger partial charge is 0.492 e. The highest BCUT2D eigenvalue weighted by Gasteiger charge is 1.96. The molecule has 15 heavy (non-hydrogen) atoms. The van der Waals surface area contributed by atoms with Gasteiger partial charge in [-0.05, 0) is 32.1 Å². The van der Waals surface area contributed by atoms with Crippen LogP contribution in [-0.4, -0.2) is 36.6 Å². The lowest BCUT2D eigenvalue weighted by molar-refractivity contribution is 0.268. The fourth-order valence-corrected chi connectivity index (χ4v) is 1.16. The summed E-state index contributed by atoms with van der Waals surface area (Å²) in [6.07, 6.45) is 2.67. The number of pyridine rings is 1. The highest BCUT2D eigenvalue weighted by molar-refractivity contribution is 5.31. The summed E-state index contributed by atoms with van der Waals surface area (Å²) in [6.45, 7) is 4.99. The molecule has 0 aliphatic carbocycles. The van der Waals surface area contributed by atoms with E-state index in [0.29, 0.717) is 5.82 Å². The molecule has 0 spiro atoms. The molecule has 2 N–H and O–H groups in total. The van der Waals surface area contributed by atoms with Crippen molar-refractivity contribution in [3.8, 4) is 5.75 Å². The molecular formula is C11H19N3O. The Morgan fingerprint density at radius 2 is 2.27 bits per heavy atom. The molecule has 1 rings (SSSR count). The van der Waals surface area contributed by atoms with E-state index in [2.05, 4.69) is 23.9 Å². The minimum Gasteiger partial charge on any atom is -0.492 e. The SMILES string of the molecule is CCN(C)CCCOc1ccc(N)nc1. The molecule has 0 amide bonds. The van der Waals surface area contributed by atoms with Gasteiger partial charge in [-0.25, -0.2) is 4.98 Å². The van der Waals surface area contributed by atoms with E-state index in [9.17, 15) is 0 Å². The summed E-state index contributed by atoms with van der Waals surface area (Å²) in [6, 6.07) is 3.58. The number of anilines is 1. The second kappa shape index (κ2) is 6.24. The van der Waals surface area contributed by atoms with Crippen LogP contribution in [0.1, 0.15) is 13.3 Å². The van der Waals surface area contributed by atoms with E-state index in [1.807, 2.05) is 6.07 Å². The average molecular weight is 209 g/mol. The topological polar surface area (TPSA) is 51.4 Å². The molecule has 4 nitrogen and oxygen atoms in total. The first-order valence-corrected chi connectivity index (χ1v) is 5.25. The molecule has 0 unspecified atom stereocenters. The number of aromatic nitrogens is 1. The third kappa shape index (κ3) is 4.65. The van der Waals surface area contributed by atoms with Gasteiger partial charge in [0.05, 0.1) is 12.8 Å². The van der Waals surface area contributed by atoms with E-state index in [-0.39, 0.29) is 0 Å². The third-order valence-corrected chi connectivity index (χ3v) is 2.25. The first-order valence-electron chi connectivity index (χ1n) is 5.25. The van der Waals surface area contributed by atoms with Crippen molar-refractivity contribution in [2.75, 3.05) is 32.5 Å². The zero-order chi connectivity index (χ0) is 11.1. The Balaban J connectivity index is 2.17. The molecule has 0 aliphatic heterocycles. The predicted molar refractivity (Wildman–Crippen MR) is 61.9 cm³/mol. The van der Waals surface area contributed by atoms with Gasteiger partial charge in [0.15, 0.2) is 0 Å². The zero-order valence-electron chi connectivity index (χ0n) is 9.44. The molecule has 1 aromatic heterocycles. The highest BCUT2D eigenvalue weighted by atomic mass is 16.5. The van der Waals surface area contributed by atoms with Gasteiger partial charge in [0, 0.05) is 6.54 Å². The number of nitrogen functional groups attached to an aromatic ring is 1. The van der Waals surface area contributed by atoms with Gasteiger partial charge < -0.3 is 15.4 Å². The van der Waals surface area contributed by atoms with Crippen LogP contribution in [-0.2, 0) is 0 Å². The minimum atomic E-state index is 0.521. The molecule has 0 radical (unpaired) electrons. The predicted octanol–water partition coefficient (Wildman–Crippen LogP) is 1.38. The van der Waals surface area contributed by atoms with E-state index >= 15 is 0 Å². The smallest absolute Gasteiger partial charge is 0.137 e. The Morgan fingerprint density at radius 1 is 1.47 bits per heavy atom. The molecule has 0 aliphatic rings. The van der Waals surface area contributed by atoms with Crippen LogP contribution in [0.25, 0.3) is 0 Å². The van der Waals surface area contributed by atoms with Gasteiger partial charge in [-0.3, -0.25) is 0 Å². The van der Waals surface area contributed by atoms with Crippen molar-refractivity contribution in [2.24, 2.45) is 0 Å². The summed E-state index contributed by atoms with van der Waals surface area (Å²) in [4.78, 5) is 6.21. The maximum absolute atomic E-state index is 5.51. The molecule has 1 heterocycles. The molecule has 0 saturated carbocycles. The van der Waals surface area contributed by atoms with E-state index < -0.39 is 0 Å². The van der Waals surface area contributed by atoms with E-state index in [1.165, 1.54) is 0 Å². The van der Waals surface area contributed by atoms with Crippen LogP contribution in [0, 0.1) is 0 Å². The van der Waals surface area contributed by atoms with Crippen molar-refractivity contribution in [3.05, 3.63) is 18.3 Å². The number of nitrogens with zero attached hydrogens (tertiary/aromatic N) is 2. The highest BCUT2D eigenvalue weighted by Crippen LogP contribution is 2.09. The Morgan fingerprint density at radius 3 is 2.87 bits per heavy atom. The molecule has 1 aromatic rings. The van der Waals surface area contributed by atoms with E-state index in [4.69, 9.17) is 10.5 Å². The quantitative estimate of drug-likeness (QED) is 0.719. The Bertz CT molecular complexity index is 274. The van der Waals surface area contributed by atoms with Crippen LogP contribution in [0.3, 0.4) is 0 Å². The first-order chi connectivity index (χ1) is 7.22. The Hall–Kier alpha value is -1.29. The number of ether oxygens (including phenoxy) is 1. The third-order valence-electron chi connectivity index (χ3n) is 2.25. The van der Waals surface area contributed by atoms with Crippen molar-refractivity contribution in [1.29, 1.82) is 0 Å². The standard InChI is InChI=1S/C11H19N3O/c1-3-14(2)7-4-8-15-10-5-6-11(12)13-9-10/h5-6,9H,3-4,7-8H2,1-2H3,(H2,12,13). The van der Waals surface area contributed by atoms with Crippen LogP contribution < -0.4 is 10.5 Å². The van der Waals surface area contributed by atoms with E-state index in [1.54, 1.807) is 12.3 Å². The molecule has 0 aromatic carbocycles. The molecular weight excluding hydrogens is 190 g/mol. The van der Waals surface area contributed by atoms with Gasteiger partial charge in [-0.15, -0.1) is 0 Å². The maximum atomic E-state index is 5.51. The van der Waals surface area contributed by atoms with Crippen molar-refractivity contribution in [2.45, 2.75) is 13.3 Å². The fraction of sp³-hybridized carbons (Fsp3) is 0.545. The van der Waals surface area contributed by atoms with Crippen molar-refractivity contribution < 1.29 is 4.74 Å². The summed E-state index contributed by atoms with van der Waals surface area (Å²) < 4.78 is 5.51. The molecule has 4 heteroatoms. The lowest BCUT2D eigenvalue weighted by atomic mass is 10.4. The molecule has 0 atom stereocenters. The monoisotopic (exact) mass is 209 g/mol. The number of hydrogen-bond donors (Lipinski definition) is 1. The van der Waals surface area contributed by atoms with Crippen LogP contribution in [0.2, 0.25) is 0 Å². The summed E-state index contributed by atoms with van der Waals surface area (Å²) in [5.41, 5.74) is 5.47. The summed E-state index contributed by atoms with van der Waals surface area (Å²) >= 11 is 0. The molecule has 0 saturated heterocycles. The number of rotatable bonds is 6. The Kier molecular flexibility index (Phi) is 4.90. The van der Waals surface area contributed by atoms with Crippen molar-refractivity contribution >= 4 is 5.82 Å². The fourth-order valence-electron chi connectivity index (χ4n) is 1.16. The van der Waals surface area contributed by atoms with Gasteiger partial charge in [0.2, 0.25) is 0 Å². The van der Waals surface area contributed by atoms with Crippen LogP contribution in [0.4, 0.5) is 5.82 Å². The molecule has 84 valence electrons. The first kappa shape index (κ1) is 11.8.